The number of nitrogens with zero attached hydrogens (tertiary/aromatic N) is 2. The van der Waals surface area contributed by atoms with Gasteiger partial charge in [-0.25, -0.2) is 0 Å². The van der Waals surface area contributed by atoms with Crippen LogP contribution in [0, 0.1) is 10.1 Å². The number of amides is 2. The van der Waals surface area contributed by atoms with Gasteiger partial charge in [-0.05, 0) is 36.1 Å². The number of nitrogens with one attached hydrogen (secondary N) is 1. The van der Waals surface area contributed by atoms with Gasteiger partial charge in [-0.2, -0.15) is 0 Å². The van der Waals surface area contributed by atoms with E-state index in [0.717, 1.165) is 11.1 Å². The van der Waals surface area contributed by atoms with Gasteiger partial charge < -0.3 is 15.0 Å². The van der Waals surface area contributed by atoms with Crippen LogP contribution in [-0.2, 0) is 21.5 Å². The lowest BCUT2D eigenvalue weighted by molar-refractivity contribution is -0.384. The minimum absolute atomic E-state index is 0.0149. The number of carbonyl (C=O) groups is 2. The Hall–Kier alpha value is -4.20. The number of nitro benzene ring substituents is 1. The first-order chi connectivity index (χ1) is 16.5. The number of carbonyl (C=O) groups excluding carboxylic acids is 2. The molecule has 3 aromatic carbocycles. The van der Waals surface area contributed by atoms with Crippen molar-refractivity contribution in [3.8, 4) is 5.75 Å². The van der Waals surface area contributed by atoms with Gasteiger partial charge in [0.2, 0.25) is 5.91 Å². The Labute approximate surface area is 196 Å². The number of rotatable bonds is 6. The smallest absolute Gasteiger partial charge is 0.269 e. The van der Waals surface area contributed by atoms with Gasteiger partial charge in [0.05, 0.1) is 22.6 Å². The van der Waals surface area contributed by atoms with Crippen molar-refractivity contribution in [2.75, 3.05) is 11.4 Å². The van der Waals surface area contributed by atoms with Crippen LogP contribution >= 0.6 is 0 Å². The Kier molecular flexibility index (Phi) is 5.49. The zero-order chi connectivity index (χ0) is 23.7. The molecule has 0 bridgehead atoms. The molecule has 0 spiro atoms. The van der Waals surface area contributed by atoms with Gasteiger partial charge in [-0.15, -0.1) is 0 Å². The average Bonchev–Trinajstić information content (AvgIpc) is 3.69. The molecule has 34 heavy (non-hydrogen) atoms. The number of anilines is 1. The molecule has 1 N–H and O–H groups in total. The van der Waals surface area contributed by atoms with Crippen LogP contribution in [0.4, 0.5) is 11.4 Å². The molecule has 0 radical (unpaired) electrons. The Bertz CT molecular complexity index is 1240. The van der Waals surface area contributed by atoms with Crippen molar-refractivity contribution in [2.45, 2.75) is 30.9 Å². The van der Waals surface area contributed by atoms with Crippen LogP contribution in [0.25, 0.3) is 0 Å². The molecule has 1 saturated carbocycles. The summed E-state index contributed by atoms with van der Waals surface area (Å²) >= 11 is 0. The molecule has 1 atom stereocenters. The molecular formula is C26H23N3O5. The van der Waals surface area contributed by atoms with Crippen LogP contribution in [0.15, 0.2) is 78.9 Å². The van der Waals surface area contributed by atoms with E-state index in [1.54, 1.807) is 35.2 Å². The van der Waals surface area contributed by atoms with Crippen molar-refractivity contribution in [3.63, 3.8) is 0 Å². The Morgan fingerprint density at radius 2 is 1.68 bits per heavy atom. The number of benzene rings is 3. The lowest BCUT2D eigenvalue weighted by Crippen LogP contribution is -2.52. The molecule has 2 amide bonds. The number of para-hydroxylation sites is 2. The van der Waals surface area contributed by atoms with E-state index in [1.807, 2.05) is 36.4 Å². The highest BCUT2D eigenvalue weighted by molar-refractivity contribution is 6.05. The molecule has 1 aliphatic heterocycles. The maximum absolute atomic E-state index is 13.8. The van der Waals surface area contributed by atoms with E-state index in [4.69, 9.17) is 4.74 Å². The molecule has 0 saturated heterocycles. The van der Waals surface area contributed by atoms with Crippen molar-refractivity contribution in [3.05, 3.63) is 100 Å². The fourth-order valence-electron chi connectivity index (χ4n) is 4.37. The second-order valence-corrected chi connectivity index (χ2v) is 8.58. The van der Waals surface area contributed by atoms with Crippen LogP contribution in [0.2, 0.25) is 0 Å². The monoisotopic (exact) mass is 457 g/mol. The fraction of sp³-hybridized carbons (Fsp3) is 0.231. The first-order valence-electron chi connectivity index (χ1n) is 11.1. The Morgan fingerprint density at radius 3 is 2.35 bits per heavy atom. The summed E-state index contributed by atoms with van der Waals surface area (Å²) in [7, 11) is 0. The second-order valence-electron chi connectivity index (χ2n) is 8.58. The molecule has 5 rings (SSSR count). The summed E-state index contributed by atoms with van der Waals surface area (Å²) in [6.07, 6.45) is 0.442. The number of ether oxygens (including phenoxy) is 1. The zero-order valence-corrected chi connectivity index (χ0v) is 18.3. The number of nitro groups is 1. The highest BCUT2D eigenvalue weighted by Crippen LogP contribution is 2.51. The summed E-state index contributed by atoms with van der Waals surface area (Å²) in [5.74, 6) is 0.0516. The third-order valence-electron chi connectivity index (χ3n) is 6.41. The zero-order valence-electron chi connectivity index (χ0n) is 18.3. The maximum Gasteiger partial charge on any atom is 0.269 e. The Morgan fingerprint density at radius 1 is 1.00 bits per heavy atom. The first kappa shape index (κ1) is 21.6. The molecule has 1 heterocycles. The standard InChI is InChI=1S/C26H23N3O5/c30-24(27-16-18-6-2-1-3-7-18)23-17-28(21-8-4-5-9-22(21)34-23)25(31)26(14-15-26)19-10-12-20(13-11-19)29(32)33/h1-13,23H,14-17H2,(H,27,30)/t23-/m1/s1. The molecule has 172 valence electrons. The van der Waals surface area contributed by atoms with Gasteiger partial charge in [-0.3, -0.25) is 19.7 Å². The first-order valence-corrected chi connectivity index (χ1v) is 11.1. The molecule has 1 aliphatic carbocycles. The van der Waals surface area contributed by atoms with Crippen LogP contribution in [0.3, 0.4) is 0 Å². The summed E-state index contributed by atoms with van der Waals surface area (Å²) in [6.45, 7) is 0.451. The van der Waals surface area contributed by atoms with Crippen LogP contribution in [-0.4, -0.2) is 29.4 Å². The SMILES string of the molecule is O=C(NCc1ccccc1)[C@H]1CN(C(=O)C2(c3ccc([N+](=O)[O-])cc3)CC2)c2ccccc2O1. The second kappa shape index (κ2) is 8.62. The average molecular weight is 457 g/mol. The molecular weight excluding hydrogens is 434 g/mol. The molecule has 0 unspecified atom stereocenters. The molecule has 8 nitrogen and oxygen atoms in total. The summed E-state index contributed by atoms with van der Waals surface area (Å²) in [5.41, 5.74) is 1.57. The Balaban J connectivity index is 1.38. The molecule has 3 aromatic rings. The summed E-state index contributed by atoms with van der Waals surface area (Å²) < 4.78 is 5.96. The van der Waals surface area contributed by atoms with Gasteiger partial charge in [0.1, 0.15) is 5.75 Å². The maximum atomic E-state index is 13.8. The third kappa shape index (κ3) is 3.98. The van der Waals surface area contributed by atoms with Crippen LogP contribution in [0.5, 0.6) is 5.75 Å². The predicted octanol–water partition coefficient (Wildman–Crippen LogP) is 3.74. The predicted molar refractivity (Wildman–Crippen MR) is 126 cm³/mol. The van der Waals surface area contributed by atoms with Crippen LogP contribution in [0.1, 0.15) is 24.0 Å². The highest BCUT2D eigenvalue weighted by atomic mass is 16.6. The van der Waals surface area contributed by atoms with E-state index in [0.29, 0.717) is 30.8 Å². The number of fused-ring (bicyclic) bond motifs is 1. The van der Waals surface area contributed by atoms with Gasteiger partial charge >= 0.3 is 0 Å². The molecule has 2 aliphatic rings. The van der Waals surface area contributed by atoms with E-state index < -0.39 is 16.4 Å². The van der Waals surface area contributed by atoms with E-state index in [-0.39, 0.29) is 24.0 Å². The van der Waals surface area contributed by atoms with Crippen LogP contribution < -0.4 is 15.0 Å². The largest absolute Gasteiger partial charge is 0.477 e. The fourth-order valence-corrected chi connectivity index (χ4v) is 4.37. The lowest BCUT2D eigenvalue weighted by atomic mass is 9.93. The number of hydrogen-bond donors (Lipinski definition) is 1. The van der Waals surface area contributed by atoms with Crippen molar-refractivity contribution < 1.29 is 19.2 Å². The quantitative estimate of drug-likeness (QED) is 0.449. The number of non-ortho nitro benzene ring substituents is 1. The third-order valence-corrected chi connectivity index (χ3v) is 6.41. The minimum Gasteiger partial charge on any atom is -0.477 e. The van der Waals surface area contributed by atoms with E-state index in [1.165, 1.54) is 12.1 Å². The van der Waals surface area contributed by atoms with E-state index in [9.17, 15) is 19.7 Å². The minimum atomic E-state index is -0.852. The van der Waals surface area contributed by atoms with Gasteiger partial charge in [0.25, 0.3) is 11.6 Å². The van der Waals surface area contributed by atoms with Gasteiger partial charge in [-0.1, -0.05) is 54.6 Å². The molecule has 8 heteroatoms. The van der Waals surface area contributed by atoms with E-state index in [2.05, 4.69) is 5.32 Å². The van der Waals surface area contributed by atoms with Gasteiger partial charge in [0.15, 0.2) is 6.10 Å². The van der Waals surface area contributed by atoms with Crippen molar-refractivity contribution >= 4 is 23.2 Å². The summed E-state index contributed by atoms with van der Waals surface area (Å²) in [6, 6.07) is 22.9. The van der Waals surface area contributed by atoms with Crippen molar-refractivity contribution in [1.29, 1.82) is 0 Å². The van der Waals surface area contributed by atoms with Crippen molar-refractivity contribution in [1.82, 2.24) is 5.32 Å². The number of hydrogen-bond acceptors (Lipinski definition) is 5. The van der Waals surface area contributed by atoms with E-state index >= 15 is 0 Å². The van der Waals surface area contributed by atoms with Gasteiger partial charge in [0, 0.05) is 18.7 Å². The lowest BCUT2D eigenvalue weighted by Gasteiger charge is -2.36. The van der Waals surface area contributed by atoms with Crippen molar-refractivity contribution in [2.24, 2.45) is 0 Å². The summed E-state index contributed by atoms with van der Waals surface area (Å²) in [5, 5.41) is 13.9. The highest BCUT2D eigenvalue weighted by Gasteiger charge is 2.54. The topological polar surface area (TPSA) is 102 Å². The normalized spacial score (nSPS) is 17.8. The molecule has 1 fully saturated rings. The molecule has 0 aromatic heterocycles. The summed E-state index contributed by atoms with van der Waals surface area (Å²) in [4.78, 5) is 39.0.